The van der Waals surface area contributed by atoms with E-state index in [1.54, 1.807) is 23.9 Å². The van der Waals surface area contributed by atoms with E-state index in [2.05, 4.69) is 0 Å². The first kappa shape index (κ1) is 17.4. The average molecular weight is 349 g/mol. The number of non-ortho nitro benzene ring substituents is 1. The number of nitro benzene ring substituents is 1. The van der Waals surface area contributed by atoms with Gasteiger partial charge in [-0.3, -0.25) is 14.9 Å². The summed E-state index contributed by atoms with van der Waals surface area (Å²) in [4.78, 5) is 23.8. The molecule has 23 heavy (non-hydrogen) atoms. The highest BCUT2D eigenvalue weighted by molar-refractivity contribution is 8.00. The largest absolute Gasteiger partial charge is 0.460 e. The number of rotatable bonds is 7. The molecule has 0 saturated heterocycles. The number of carbonyl (C=O) groups is 1. The van der Waals surface area contributed by atoms with Gasteiger partial charge < -0.3 is 4.74 Å². The van der Waals surface area contributed by atoms with Gasteiger partial charge in [-0.2, -0.15) is 0 Å². The lowest BCUT2D eigenvalue weighted by Crippen LogP contribution is -2.07. The van der Waals surface area contributed by atoms with Crippen molar-refractivity contribution in [3.63, 3.8) is 0 Å². The second-order valence-corrected chi connectivity index (χ2v) is 6.48. The Hall–Kier alpha value is -1.99. The van der Waals surface area contributed by atoms with Crippen LogP contribution in [0.15, 0.2) is 58.3 Å². The summed E-state index contributed by atoms with van der Waals surface area (Å²) >= 11 is 2.95. The molecule has 0 N–H and O–H groups in total. The summed E-state index contributed by atoms with van der Waals surface area (Å²) in [7, 11) is 0. The number of esters is 1. The molecule has 2 aromatic rings. The molecule has 2 rings (SSSR count). The van der Waals surface area contributed by atoms with E-state index in [0.29, 0.717) is 0 Å². The Morgan fingerprint density at radius 2 is 1.70 bits per heavy atom. The number of hydrogen-bond donors (Lipinski definition) is 0. The molecule has 120 valence electrons. The zero-order valence-corrected chi connectivity index (χ0v) is 14.1. The molecule has 0 atom stereocenters. The number of carbonyl (C=O) groups excluding carboxylic acids is 1. The summed E-state index contributed by atoms with van der Waals surface area (Å²) in [5.41, 5.74) is 0.974. The summed E-state index contributed by atoms with van der Waals surface area (Å²) < 4.78 is 5.21. The molecule has 0 aromatic heterocycles. The smallest absolute Gasteiger partial charge is 0.316 e. The molecule has 2 aromatic carbocycles. The highest BCUT2D eigenvalue weighted by Gasteiger charge is 2.07. The van der Waals surface area contributed by atoms with Crippen molar-refractivity contribution in [3.8, 4) is 0 Å². The first-order valence-electron chi connectivity index (χ1n) is 6.74. The molecule has 0 radical (unpaired) electrons. The third-order valence-corrected chi connectivity index (χ3v) is 4.69. The standard InChI is InChI=1S/C16H15NO4S2/c1-22-14-6-2-12(3-7-14)10-21-16(18)11-23-15-8-4-13(5-9-15)17(19)20/h2-9H,10-11H2,1H3. The van der Waals surface area contributed by atoms with Gasteiger partial charge >= 0.3 is 5.97 Å². The van der Waals surface area contributed by atoms with Gasteiger partial charge in [0.25, 0.3) is 5.69 Å². The quantitative estimate of drug-likeness (QED) is 0.324. The molecule has 0 fully saturated rings. The van der Waals surface area contributed by atoms with Crippen molar-refractivity contribution in [2.75, 3.05) is 12.0 Å². The van der Waals surface area contributed by atoms with E-state index in [4.69, 9.17) is 4.74 Å². The number of thioether (sulfide) groups is 2. The van der Waals surface area contributed by atoms with E-state index in [-0.39, 0.29) is 24.0 Å². The van der Waals surface area contributed by atoms with E-state index < -0.39 is 4.92 Å². The van der Waals surface area contributed by atoms with Gasteiger partial charge in [0.2, 0.25) is 0 Å². The maximum atomic E-state index is 11.7. The topological polar surface area (TPSA) is 69.4 Å². The molecule has 0 saturated carbocycles. The van der Waals surface area contributed by atoms with Gasteiger partial charge in [-0.15, -0.1) is 23.5 Å². The predicted molar refractivity (Wildman–Crippen MR) is 91.8 cm³/mol. The van der Waals surface area contributed by atoms with E-state index in [1.165, 1.54) is 23.9 Å². The van der Waals surface area contributed by atoms with E-state index >= 15 is 0 Å². The normalized spacial score (nSPS) is 10.3. The van der Waals surface area contributed by atoms with Crippen molar-refractivity contribution in [3.05, 3.63) is 64.2 Å². The van der Waals surface area contributed by atoms with Crippen LogP contribution in [-0.4, -0.2) is 22.9 Å². The van der Waals surface area contributed by atoms with Crippen LogP contribution in [0.2, 0.25) is 0 Å². The van der Waals surface area contributed by atoms with E-state index in [1.807, 2.05) is 30.5 Å². The average Bonchev–Trinajstić information content (AvgIpc) is 2.59. The maximum Gasteiger partial charge on any atom is 0.316 e. The first-order chi connectivity index (χ1) is 11.1. The van der Waals surface area contributed by atoms with Gasteiger partial charge in [-0.25, -0.2) is 0 Å². The molecule has 0 unspecified atom stereocenters. The van der Waals surface area contributed by atoms with Crippen LogP contribution in [-0.2, 0) is 16.1 Å². The van der Waals surface area contributed by atoms with Crippen molar-refractivity contribution < 1.29 is 14.5 Å². The number of nitrogens with zero attached hydrogens (tertiary/aromatic N) is 1. The highest BCUT2D eigenvalue weighted by atomic mass is 32.2. The van der Waals surface area contributed by atoms with Gasteiger partial charge in [0.15, 0.2) is 0 Å². The zero-order chi connectivity index (χ0) is 16.7. The Bertz CT molecular complexity index is 671. The fourth-order valence-electron chi connectivity index (χ4n) is 1.73. The van der Waals surface area contributed by atoms with E-state index in [9.17, 15) is 14.9 Å². The summed E-state index contributed by atoms with van der Waals surface area (Å²) in [5.74, 6) is -0.150. The van der Waals surface area contributed by atoms with Crippen LogP contribution in [0.5, 0.6) is 0 Å². The Labute approximate surface area is 142 Å². The zero-order valence-electron chi connectivity index (χ0n) is 12.4. The third kappa shape index (κ3) is 5.61. The van der Waals surface area contributed by atoms with Gasteiger partial charge in [-0.1, -0.05) is 12.1 Å². The SMILES string of the molecule is CSc1ccc(COC(=O)CSc2ccc([N+](=O)[O-])cc2)cc1. The fraction of sp³-hybridized carbons (Fsp3) is 0.188. The van der Waals surface area contributed by atoms with E-state index in [0.717, 1.165) is 15.4 Å². The van der Waals surface area contributed by atoms with Crippen LogP contribution >= 0.6 is 23.5 Å². The summed E-state index contributed by atoms with van der Waals surface area (Å²) in [5, 5.41) is 10.6. The summed E-state index contributed by atoms with van der Waals surface area (Å²) in [6, 6.07) is 13.9. The Balaban J connectivity index is 1.77. The minimum atomic E-state index is -0.453. The van der Waals surface area contributed by atoms with Crippen LogP contribution in [0.4, 0.5) is 5.69 Å². The van der Waals surface area contributed by atoms with Crippen LogP contribution in [0, 0.1) is 10.1 Å². The Kier molecular flexibility index (Phi) is 6.49. The number of nitro groups is 1. The Morgan fingerprint density at radius 1 is 1.09 bits per heavy atom. The van der Waals surface area contributed by atoms with Crippen LogP contribution < -0.4 is 0 Å². The number of benzene rings is 2. The number of hydrogen-bond acceptors (Lipinski definition) is 6. The lowest BCUT2D eigenvalue weighted by Gasteiger charge is -2.05. The van der Waals surface area contributed by atoms with Crippen LogP contribution in [0.1, 0.15) is 5.56 Å². The highest BCUT2D eigenvalue weighted by Crippen LogP contribution is 2.21. The molecule has 0 aliphatic heterocycles. The second-order valence-electron chi connectivity index (χ2n) is 4.55. The van der Waals surface area contributed by atoms with Gasteiger partial charge in [-0.05, 0) is 36.1 Å². The molecule has 0 amide bonds. The summed E-state index contributed by atoms with van der Waals surface area (Å²) in [6.07, 6.45) is 2.00. The second kappa shape index (κ2) is 8.59. The minimum Gasteiger partial charge on any atom is -0.460 e. The minimum absolute atomic E-state index is 0.0330. The molecular weight excluding hydrogens is 334 g/mol. The van der Waals surface area contributed by atoms with Crippen molar-refractivity contribution in [2.45, 2.75) is 16.4 Å². The Morgan fingerprint density at radius 3 is 2.26 bits per heavy atom. The fourth-order valence-corrected chi connectivity index (χ4v) is 2.84. The lowest BCUT2D eigenvalue weighted by atomic mass is 10.2. The third-order valence-electron chi connectivity index (χ3n) is 2.96. The van der Waals surface area contributed by atoms with Gasteiger partial charge in [0, 0.05) is 21.9 Å². The van der Waals surface area contributed by atoms with Crippen molar-refractivity contribution in [2.24, 2.45) is 0 Å². The van der Waals surface area contributed by atoms with Crippen LogP contribution in [0.3, 0.4) is 0 Å². The molecule has 0 aliphatic carbocycles. The van der Waals surface area contributed by atoms with Gasteiger partial charge in [0.1, 0.15) is 6.61 Å². The lowest BCUT2D eigenvalue weighted by molar-refractivity contribution is -0.384. The van der Waals surface area contributed by atoms with Crippen molar-refractivity contribution in [1.29, 1.82) is 0 Å². The molecule has 0 heterocycles. The van der Waals surface area contributed by atoms with Crippen molar-refractivity contribution in [1.82, 2.24) is 0 Å². The van der Waals surface area contributed by atoms with Crippen molar-refractivity contribution >= 4 is 35.2 Å². The predicted octanol–water partition coefficient (Wildman–Crippen LogP) is 4.15. The van der Waals surface area contributed by atoms with Gasteiger partial charge in [0.05, 0.1) is 10.7 Å². The first-order valence-corrected chi connectivity index (χ1v) is 8.95. The molecule has 0 aliphatic rings. The molecule has 0 spiro atoms. The molecule has 0 bridgehead atoms. The number of ether oxygens (including phenoxy) is 1. The van der Waals surface area contributed by atoms with Crippen LogP contribution in [0.25, 0.3) is 0 Å². The monoisotopic (exact) mass is 349 g/mol. The maximum absolute atomic E-state index is 11.7. The summed E-state index contributed by atoms with van der Waals surface area (Å²) in [6.45, 7) is 0.244. The molecular formula is C16H15NO4S2. The molecule has 5 nitrogen and oxygen atoms in total. The molecule has 7 heteroatoms.